The van der Waals surface area contributed by atoms with Gasteiger partial charge >= 0.3 is 0 Å². The summed E-state index contributed by atoms with van der Waals surface area (Å²) < 4.78 is 0. The maximum atomic E-state index is 4.78. The molecule has 3 aromatic heterocycles. The standard InChI is InChI=1S/C20H24N8/c1-13-9-14(2)25-20(24-13)27-17-10-15(3)23-19(26-17)16-5-4-8-28(11-16)18-6-7-21-12-22-18/h6-7,9-10,12,16H,4-5,8,11H2,1-3H3,(H,23,24,25,26,27)/t16-/m1/s1. The number of hydrogen-bond donors (Lipinski definition) is 1. The molecule has 0 spiro atoms. The predicted octanol–water partition coefficient (Wildman–Crippen LogP) is 3.11. The molecular formula is C20H24N8. The molecule has 3 aromatic rings. The topological polar surface area (TPSA) is 92.6 Å². The fourth-order valence-electron chi connectivity index (χ4n) is 3.60. The molecule has 0 bridgehead atoms. The third-order valence-corrected chi connectivity index (χ3v) is 4.77. The first-order valence-corrected chi connectivity index (χ1v) is 9.53. The fourth-order valence-corrected chi connectivity index (χ4v) is 3.60. The molecule has 1 fully saturated rings. The Morgan fingerprint density at radius 2 is 1.79 bits per heavy atom. The molecule has 0 saturated carbocycles. The summed E-state index contributed by atoms with van der Waals surface area (Å²) in [5.41, 5.74) is 2.78. The minimum atomic E-state index is 0.254. The molecule has 0 aliphatic carbocycles. The normalized spacial score (nSPS) is 16.8. The lowest BCUT2D eigenvalue weighted by atomic mass is 9.97. The molecule has 1 aliphatic rings. The van der Waals surface area contributed by atoms with Crippen LogP contribution in [0, 0.1) is 20.8 Å². The molecular weight excluding hydrogens is 352 g/mol. The number of nitrogens with one attached hydrogen (secondary N) is 1. The van der Waals surface area contributed by atoms with E-state index in [1.54, 1.807) is 12.5 Å². The summed E-state index contributed by atoms with van der Waals surface area (Å²) in [5, 5.41) is 3.24. The highest BCUT2D eigenvalue weighted by Gasteiger charge is 2.25. The Kier molecular flexibility index (Phi) is 5.10. The number of aryl methyl sites for hydroxylation is 3. The molecule has 0 amide bonds. The highest BCUT2D eigenvalue weighted by atomic mass is 15.2. The predicted molar refractivity (Wildman–Crippen MR) is 108 cm³/mol. The summed E-state index contributed by atoms with van der Waals surface area (Å²) in [4.78, 5) is 29.1. The van der Waals surface area contributed by atoms with E-state index in [1.165, 1.54) is 0 Å². The Hall–Kier alpha value is -3.16. The molecule has 8 heteroatoms. The molecule has 28 heavy (non-hydrogen) atoms. The second-order valence-electron chi connectivity index (χ2n) is 7.20. The third kappa shape index (κ3) is 4.21. The zero-order valence-corrected chi connectivity index (χ0v) is 16.4. The van der Waals surface area contributed by atoms with Crippen molar-refractivity contribution in [3.05, 3.63) is 53.6 Å². The lowest BCUT2D eigenvalue weighted by molar-refractivity contribution is 0.488. The van der Waals surface area contributed by atoms with Crippen LogP contribution in [0.4, 0.5) is 17.6 Å². The average molecular weight is 376 g/mol. The van der Waals surface area contributed by atoms with Crippen LogP contribution in [-0.2, 0) is 0 Å². The third-order valence-electron chi connectivity index (χ3n) is 4.77. The van der Waals surface area contributed by atoms with Crippen LogP contribution in [0.15, 0.2) is 30.7 Å². The van der Waals surface area contributed by atoms with Crippen molar-refractivity contribution in [2.75, 3.05) is 23.3 Å². The van der Waals surface area contributed by atoms with Gasteiger partial charge in [0.1, 0.15) is 23.8 Å². The van der Waals surface area contributed by atoms with E-state index in [9.17, 15) is 0 Å². The van der Waals surface area contributed by atoms with Gasteiger partial charge in [0.15, 0.2) is 0 Å². The van der Waals surface area contributed by atoms with Gasteiger partial charge in [-0.2, -0.15) is 0 Å². The molecule has 0 radical (unpaired) electrons. The first-order valence-electron chi connectivity index (χ1n) is 9.53. The van der Waals surface area contributed by atoms with Gasteiger partial charge < -0.3 is 10.2 Å². The van der Waals surface area contributed by atoms with Crippen molar-refractivity contribution >= 4 is 17.6 Å². The summed E-state index contributed by atoms with van der Waals surface area (Å²) in [6.07, 6.45) is 5.51. The van der Waals surface area contributed by atoms with Gasteiger partial charge in [0.05, 0.1) is 0 Å². The van der Waals surface area contributed by atoms with Crippen molar-refractivity contribution in [3.8, 4) is 0 Å². The fraction of sp³-hybridized carbons (Fsp3) is 0.400. The van der Waals surface area contributed by atoms with E-state index in [-0.39, 0.29) is 5.92 Å². The number of aromatic nitrogens is 6. The van der Waals surface area contributed by atoms with Crippen molar-refractivity contribution < 1.29 is 0 Å². The number of nitrogens with zero attached hydrogens (tertiary/aromatic N) is 7. The molecule has 4 heterocycles. The van der Waals surface area contributed by atoms with Crippen LogP contribution in [0.2, 0.25) is 0 Å². The molecule has 4 rings (SSSR count). The summed E-state index contributed by atoms with van der Waals surface area (Å²) in [6.45, 7) is 7.74. The van der Waals surface area contributed by atoms with Gasteiger partial charge in [-0.15, -0.1) is 0 Å². The number of piperidine rings is 1. The van der Waals surface area contributed by atoms with Gasteiger partial charge in [0.25, 0.3) is 0 Å². The van der Waals surface area contributed by atoms with Crippen LogP contribution >= 0.6 is 0 Å². The van der Waals surface area contributed by atoms with E-state index in [1.807, 2.05) is 39.0 Å². The Morgan fingerprint density at radius 1 is 1.00 bits per heavy atom. The SMILES string of the molecule is Cc1cc(C)nc(Nc2cc(C)nc([C@@H]3CCCN(c4ccncn4)C3)n2)n1. The van der Waals surface area contributed by atoms with Crippen molar-refractivity contribution in [2.24, 2.45) is 0 Å². The number of anilines is 3. The van der Waals surface area contributed by atoms with Crippen molar-refractivity contribution in [1.82, 2.24) is 29.9 Å². The van der Waals surface area contributed by atoms with E-state index in [0.29, 0.717) is 5.95 Å². The number of hydrogen-bond acceptors (Lipinski definition) is 8. The van der Waals surface area contributed by atoms with Crippen molar-refractivity contribution in [1.29, 1.82) is 0 Å². The molecule has 1 aliphatic heterocycles. The van der Waals surface area contributed by atoms with Crippen molar-refractivity contribution in [3.63, 3.8) is 0 Å². The summed E-state index contributed by atoms with van der Waals surface area (Å²) in [5.74, 6) is 3.35. The maximum Gasteiger partial charge on any atom is 0.228 e. The van der Waals surface area contributed by atoms with Gasteiger partial charge in [-0.3, -0.25) is 0 Å². The van der Waals surface area contributed by atoms with Crippen LogP contribution in [0.3, 0.4) is 0 Å². The molecule has 8 nitrogen and oxygen atoms in total. The van der Waals surface area contributed by atoms with Crippen LogP contribution in [0.1, 0.15) is 41.7 Å². The highest BCUT2D eigenvalue weighted by molar-refractivity contribution is 5.49. The quantitative estimate of drug-likeness (QED) is 0.742. The van der Waals surface area contributed by atoms with E-state index >= 15 is 0 Å². The minimum absolute atomic E-state index is 0.254. The minimum Gasteiger partial charge on any atom is -0.356 e. The first kappa shape index (κ1) is 18.2. The van der Waals surface area contributed by atoms with E-state index < -0.39 is 0 Å². The van der Waals surface area contributed by atoms with Gasteiger partial charge in [-0.05, 0) is 45.7 Å². The molecule has 1 atom stereocenters. The molecule has 0 unspecified atom stereocenters. The largest absolute Gasteiger partial charge is 0.356 e. The van der Waals surface area contributed by atoms with Crippen molar-refractivity contribution in [2.45, 2.75) is 39.5 Å². The summed E-state index contributed by atoms with van der Waals surface area (Å²) >= 11 is 0. The molecule has 1 saturated heterocycles. The maximum absolute atomic E-state index is 4.78. The van der Waals surface area contributed by atoms with Gasteiger partial charge in [0.2, 0.25) is 5.95 Å². The molecule has 0 aromatic carbocycles. The smallest absolute Gasteiger partial charge is 0.228 e. The number of rotatable bonds is 4. The van der Waals surface area contributed by atoms with Crippen LogP contribution < -0.4 is 10.2 Å². The second-order valence-corrected chi connectivity index (χ2v) is 7.20. The molecule has 144 valence electrons. The van der Waals surface area contributed by atoms with Gasteiger partial charge in [-0.25, -0.2) is 29.9 Å². The summed E-state index contributed by atoms with van der Waals surface area (Å²) in [6, 6.07) is 5.82. The monoisotopic (exact) mass is 376 g/mol. The van der Waals surface area contributed by atoms with Gasteiger partial charge in [-0.1, -0.05) is 0 Å². The summed E-state index contributed by atoms with van der Waals surface area (Å²) in [7, 11) is 0. The van der Waals surface area contributed by atoms with E-state index in [0.717, 1.165) is 60.5 Å². The Morgan fingerprint density at radius 3 is 2.54 bits per heavy atom. The lowest BCUT2D eigenvalue weighted by Crippen LogP contribution is -2.35. The second kappa shape index (κ2) is 7.84. The highest BCUT2D eigenvalue weighted by Crippen LogP contribution is 2.28. The average Bonchev–Trinajstić information content (AvgIpc) is 2.67. The van der Waals surface area contributed by atoms with Crippen LogP contribution in [0.25, 0.3) is 0 Å². The zero-order chi connectivity index (χ0) is 19.5. The Balaban J connectivity index is 1.56. The van der Waals surface area contributed by atoms with E-state index in [2.05, 4.69) is 30.2 Å². The van der Waals surface area contributed by atoms with E-state index in [4.69, 9.17) is 9.97 Å². The lowest BCUT2D eigenvalue weighted by Gasteiger charge is -2.32. The zero-order valence-electron chi connectivity index (χ0n) is 16.4. The van der Waals surface area contributed by atoms with Gasteiger partial charge in [0, 0.05) is 48.4 Å². The Bertz CT molecular complexity index is 939. The molecule has 1 N–H and O–H groups in total. The first-order chi connectivity index (χ1) is 13.6. The van der Waals surface area contributed by atoms with Crippen LogP contribution in [0.5, 0.6) is 0 Å². The Labute approximate surface area is 164 Å². The van der Waals surface area contributed by atoms with Crippen LogP contribution in [-0.4, -0.2) is 43.0 Å².